The summed E-state index contributed by atoms with van der Waals surface area (Å²) in [5, 5.41) is 0.794. The van der Waals surface area contributed by atoms with Gasteiger partial charge in [0.15, 0.2) is 0 Å². The summed E-state index contributed by atoms with van der Waals surface area (Å²) < 4.78 is 0. The lowest BCUT2D eigenvalue weighted by molar-refractivity contribution is 0.965. The van der Waals surface area contributed by atoms with Gasteiger partial charge in [0.25, 0.3) is 0 Å². The van der Waals surface area contributed by atoms with Crippen LogP contribution < -0.4 is 5.73 Å². The molecule has 0 saturated carbocycles. The van der Waals surface area contributed by atoms with Gasteiger partial charge in [-0.15, -0.1) is 0 Å². The predicted molar refractivity (Wildman–Crippen MR) is 103 cm³/mol. The van der Waals surface area contributed by atoms with E-state index in [4.69, 9.17) is 17.3 Å². The van der Waals surface area contributed by atoms with Gasteiger partial charge in [-0.25, -0.2) is 0 Å². The maximum absolute atomic E-state index is 6.23. The van der Waals surface area contributed by atoms with E-state index >= 15 is 0 Å². The van der Waals surface area contributed by atoms with E-state index in [0.717, 1.165) is 29.1 Å². The van der Waals surface area contributed by atoms with Crippen LogP contribution >= 0.6 is 11.6 Å². The SMILES string of the molecule is Nc1cccc(C=C2c3ccccc3CCc3cc(Cl)ccc32)c1. The molecular weight excluding hydrogens is 314 g/mol. The molecule has 1 aliphatic rings. The van der Waals surface area contributed by atoms with E-state index in [-0.39, 0.29) is 0 Å². The summed E-state index contributed by atoms with van der Waals surface area (Å²) in [7, 11) is 0. The number of hydrogen-bond donors (Lipinski definition) is 1. The second kappa shape index (κ2) is 6.18. The first kappa shape index (κ1) is 15.0. The Hall–Kier alpha value is -2.51. The zero-order chi connectivity index (χ0) is 16.5. The number of nitrogens with two attached hydrogens (primary N) is 1. The molecule has 0 aliphatic heterocycles. The van der Waals surface area contributed by atoms with Gasteiger partial charge in [-0.05, 0) is 76.6 Å². The monoisotopic (exact) mass is 331 g/mol. The molecule has 0 bridgehead atoms. The van der Waals surface area contributed by atoms with Crippen LogP contribution in [0.2, 0.25) is 5.02 Å². The molecule has 3 aromatic rings. The van der Waals surface area contributed by atoms with Crippen molar-refractivity contribution in [2.45, 2.75) is 12.8 Å². The van der Waals surface area contributed by atoms with Crippen LogP contribution in [-0.4, -0.2) is 0 Å². The number of aryl methyl sites for hydroxylation is 2. The Bertz CT molecular complexity index is 940. The van der Waals surface area contributed by atoms with Crippen molar-refractivity contribution in [1.82, 2.24) is 0 Å². The normalized spacial score (nSPS) is 14.8. The third-order valence-corrected chi connectivity index (χ3v) is 4.79. The molecule has 3 aromatic carbocycles. The van der Waals surface area contributed by atoms with Crippen molar-refractivity contribution in [3.63, 3.8) is 0 Å². The maximum atomic E-state index is 6.23. The van der Waals surface area contributed by atoms with Crippen molar-refractivity contribution in [3.05, 3.63) is 99.6 Å². The summed E-state index contributed by atoms with van der Waals surface area (Å²) in [4.78, 5) is 0. The Morgan fingerprint density at radius 3 is 2.46 bits per heavy atom. The van der Waals surface area contributed by atoms with Crippen LogP contribution in [0.3, 0.4) is 0 Å². The number of benzene rings is 3. The van der Waals surface area contributed by atoms with Gasteiger partial charge in [0, 0.05) is 10.7 Å². The Balaban J connectivity index is 1.97. The van der Waals surface area contributed by atoms with E-state index < -0.39 is 0 Å². The van der Waals surface area contributed by atoms with Gasteiger partial charge in [0.05, 0.1) is 0 Å². The van der Waals surface area contributed by atoms with Gasteiger partial charge >= 0.3 is 0 Å². The number of hydrogen-bond acceptors (Lipinski definition) is 1. The number of halogens is 1. The quantitative estimate of drug-likeness (QED) is 0.576. The molecule has 0 amide bonds. The second-order valence-electron chi connectivity index (χ2n) is 6.19. The molecule has 1 aliphatic carbocycles. The molecule has 24 heavy (non-hydrogen) atoms. The smallest absolute Gasteiger partial charge is 0.0409 e. The highest BCUT2D eigenvalue weighted by Crippen LogP contribution is 2.36. The fraction of sp³-hybridized carbons (Fsp3) is 0.0909. The Kier molecular flexibility index (Phi) is 3.87. The first-order chi connectivity index (χ1) is 11.7. The molecular formula is C22H18ClN. The molecule has 4 rings (SSSR count). The molecule has 0 fully saturated rings. The lowest BCUT2D eigenvalue weighted by atomic mass is 9.92. The van der Waals surface area contributed by atoms with Crippen LogP contribution in [0.25, 0.3) is 11.6 Å². The van der Waals surface area contributed by atoms with E-state index in [1.54, 1.807) is 0 Å². The van der Waals surface area contributed by atoms with Crippen LogP contribution in [0.5, 0.6) is 0 Å². The van der Waals surface area contributed by atoms with Crippen molar-refractivity contribution >= 4 is 28.9 Å². The lowest BCUT2D eigenvalue weighted by Gasteiger charge is -2.12. The number of nitrogen functional groups attached to an aromatic ring is 1. The van der Waals surface area contributed by atoms with Crippen molar-refractivity contribution in [2.75, 3.05) is 5.73 Å². The third kappa shape index (κ3) is 2.83. The summed E-state index contributed by atoms with van der Waals surface area (Å²) in [5.41, 5.74) is 14.3. The largest absolute Gasteiger partial charge is 0.399 e. The first-order valence-electron chi connectivity index (χ1n) is 8.15. The summed E-state index contributed by atoms with van der Waals surface area (Å²) in [5.74, 6) is 0. The fourth-order valence-corrected chi connectivity index (χ4v) is 3.61. The maximum Gasteiger partial charge on any atom is 0.0409 e. The first-order valence-corrected chi connectivity index (χ1v) is 8.53. The average Bonchev–Trinajstić information content (AvgIpc) is 2.73. The highest BCUT2D eigenvalue weighted by molar-refractivity contribution is 6.30. The number of anilines is 1. The third-order valence-electron chi connectivity index (χ3n) is 4.55. The minimum absolute atomic E-state index is 0.780. The summed E-state index contributed by atoms with van der Waals surface area (Å²) in [6, 6.07) is 22.8. The van der Waals surface area contributed by atoms with Crippen molar-refractivity contribution in [3.8, 4) is 0 Å². The van der Waals surface area contributed by atoms with Crippen molar-refractivity contribution in [1.29, 1.82) is 0 Å². The van der Waals surface area contributed by atoms with Crippen LogP contribution in [0.1, 0.15) is 27.8 Å². The molecule has 118 valence electrons. The summed E-state index contributed by atoms with van der Waals surface area (Å²) in [6.45, 7) is 0. The molecule has 0 saturated heterocycles. The van der Waals surface area contributed by atoms with E-state index in [0.29, 0.717) is 0 Å². The molecule has 0 radical (unpaired) electrons. The molecule has 2 N–H and O–H groups in total. The van der Waals surface area contributed by atoms with Gasteiger partial charge in [0.2, 0.25) is 0 Å². The van der Waals surface area contributed by atoms with Crippen molar-refractivity contribution in [2.24, 2.45) is 0 Å². The summed E-state index contributed by atoms with van der Waals surface area (Å²) in [6.07, 6.45) is 4.26. The Morgan fingerprint density at radius 2 is 1.58 bits per heavy atom. The highest BCUT2D eigenvalue weighted by Gasteiger charge is 2.18. The minimum Gasteiger partial charge on any atom is -0.399 e. The van der Waals surface area contributed by atoms with E-state index in [9.17, 15) is 0 Å². The molecule has 2 heteroatoms. The second-order valence-corrected chi connectivity index (χ2v) is 6.62. The summed E-state index contributed by atoms with van der Waals surface area (Å²) >= 11 is 6.23. The minimum atomic E-state index is 0.780. The molecule has 0 atom stereocenters. The van der Waals surface area contributed by atoms with E-state index in [2.05, 4.69) is 48.5 Å². The Morgan fingerprint density at radius 1 is 0.792 bits per heavy atom. The zero-order valence-electron chi connectivity index (χ0n) is 13.3. The predicted octanol–water partition coefficient (Wildman–Crippen LogP) is 5.61. The van der Waals surface area contributed by atoms with Crippen LogP contribution in [-0.2, 0) is 12.8 Å². The molecule has 1 nitrogen and oxygen atoms in total. The van der Waals surface area contributed by atoms with Crippen LogP contribution in [0, 0.1) is 0 Å². The highest BCUT2D eigenvalue weighted by atomic mass is 35.5. The fourth-order valence-electron chi connectivity index (χ4n) is 3.42. The van der Waals surface area contributed by atoms with Crippen LogP contribution in [0.4, 0.5) is 5.69 Å². The molecule has 0 heterocycles. The topological polar surface area (TPSA) is 26.0 Å². The molecule has 0 unspecified atom stereocenters. The average molecular weight is 332 g/mol. The van der Waals surface area contributed by atoms with Crippen LogP contribution in [0.15, 0.2) is 66.7 Å². The molecule has 0 aromatic heterocycles. The van der Waals surface area contributed by atoms with Gasteiger partial charge in [-0.3, -0.25) is 0 Å². The van der Waals surface area contributed by atoms with E-state index in [1.807, 2.05) is 24.3 Å². The zero-order valence-corrected chi connectivity index (χ0v) is 14.1. The van der Waals surface area contributed by atoms with Gasteiger partial charge in [-0.1, -0.05) is 54.1 Å². The van der Waals surface area contributed by atoms with Crippen molar-refractivity contribution < 1.29 is 0 Å². The number of rotatable bonds is 1. The van der Waals surface area contributed by atoms with E-state index in [1.165, 1.54) is 27.8 Å². The lowest BCUT2D eigenvalue weighted by Crippen LogP contribution is -1.93. The van der Waals surface area contributed by atoms with Gasteiger partial charge < -0.3 is 5.73 Å². The van der Waals surface area contributed by atoms with Gasteiger partial charge in [-0.2, -0.15) is 0 Å². The molecule has 0 spiro atoms. The Labute approximate surface area is 147 Å². The standard InChI is InChI=1S/C22H18ClN/c23-18-10-11-21-17(14-18)9-8-16-5-1-2-7-20(16)22(21)13-15-4-3-6-19(24)12-15/h1-7,10-14H,8-9,24H2. The van der Waals surface area contributed by atoms with Gasteiger partial charge in [0.1, 0.15) is 0 Å². The number of fused-ring (bicyclic) bond motifs is 2.